The van der Waals surface area contributed by atoms with Crippen LogP contribution in [0.5, 0.6) is 0 Å². The maximum atomic E-state index is 5.49. The Morgan fingerprint density at radius 3 is 2.35 bits per heavy atom. The standard InChI is InChI=1S/C14H29NOS/c1-4-7-14(12-17,8-5-2)11-15(3)13-6-9-16-10-13/h13,17H,4-12H2,1-3H3. The second-order valence-corrected chi connectivity index (χ2v) is 5.91. The van der Waals surface area contributed by atoms with Gasteiger partial charge in [-0.3, -0.25) is 0 Å². The molecule has 0 aliphatic carbocycles. The van der Waals surface area contributed by atoms with Crippen LogP contribution in [0.15, 0.2) is 0 Å². The topological polar surface area (TPSA) is 12.5 Å². The Morgan fingerprint density at radius 2 is 1.94 bits per heavy atom. The van der Waals surface area contributed by atoms with E-state index in [4.69, 9.17) is 4.74 Å². The Kier molecular flexibility index (Phi) is 6.90. The van der Waals surface area contributed by atoms with Gasteiger partial charge >= 0.3 is 0 Å². The summed E-state index contributed by atoms with van der Waals surface area (Å²) in [5.74, 6) is 1.01. The summed E-state index contributed by atoms with van der Waals surface area (Å²) in [6.07, 6.45) is 6.30. The lowest BCUT2D eigenvalue weighted by atomic mass is 9.80. The molecule has 17 heavy (non-hydrogen) atoms. The van der Waals surface area contributed by atoms with E-state index in [-0.39, 0.29) is 0 Å². The summed E-state index contributed by atoms with van der Waals surface area (Å²) in [6, 6.07) is 0.628. The van der Waals surface area contributed by atoms with Crippen molar-refractivity contribution in [2.75, 3.05) is 32.6 Å². The molecule has 0 amide bonds. The van der Waals surface area contributed by atoms with Crippen LogP contribution in [0, 0.1) is 5.41 Å². The Morgan fingerprint density at radius 1 is 1.29 bits per heavy atom. The molecule has 0 aromatic carbocycles. The lowest BCUT2D eigenvalue weighted by molar-refractivity contribution is 0.114. The SMILES string of the molecule is CCCC(CS)(CCC)CN(C)C1CCOC1. The van der Waals surface area contributed by atoms with Crippen LogP contribution in [-0.4, -0.2) is 43.5 Å². The third kappa shape index (κ3) is 4.46. The van der Waals surface area contributed by atoms with Crippen molar-refractivity contribution in [3.63, 3.8) is 0 Å². The number of nitrogens with zero attached hydrogens (tertiary/aromatic N) is 1. The molecule has 1 fully saturated rings. The second-order valence-electron chi connectivity index (χ2n) is 5.59. The molecule has 0 aromatic rings. The van der Waals surface area contributed by atoms with Crippen molar-refractivity contribution in [2.45, 2.75) is 52.0 Å². The van der Waals surface area contributed by atoms with Gasteiger partial charge in [-0.1, -0.05) is 26.7 Å². The molecular formula is C14H29NOS. The Hall–Kier alpha value is 0.270. The molecule has 0 radical (unpaired) electrons. The van der Waals surface area contributed by atoms with E-state index in [0.29, 0.717) is 11.5 Å². The molecule has 102 valence electrons. The summed E-state index contributed by atoms with van der Waals surface area (Å²) in [6.45, 7) is 7.59. The summed E-state index contributed by atoms with van der Waals surface area (Å²) in [5.41, 5.74) is 0.407. The van der Waals surface area contributed by atoms with Gasteiger partial charge in [-0.15, -0.1) is 0 Å². The van der Waals surface area contributed by atoms with Gasteiger partial charge in [0.05, 0.1) is 6.61 Å². The van der Waals surface area contributed by atoms with Crippen molar-refractivity contribution in [1.29, 1.82) is 0 Å². The first-order valence-electron chi connectivity index (χ1n) is 7.06. The fourth-order valence-corrected chi connectivity index (χ4v) is 3.50. The first-order chi connectivity index (χ1) is 8.17. The van der Waals surface area contributed by atoms with Crippen molar-refractivity contribution in [1.82, 2.24) is 4.90 Å². The number of likely N-dealkylation sites (N-methyl/N-ethyl adjacent to an activating group) is 1. The third-order valence-electron chi connectivity index (χ3n) is 4.01. The van der Waals surface area contributed by atoms with Gasteiger partial charge in [0.1, 0.15) is 0 Å². The Labute approximate surface area is 113 Å². The fraction of sp³-hybridized carbons (Fsp3) is 1.00. The van der Waals surface area contributed by atoms with Gasteiger partial charge in [-0.25, -0.2) is 0 Å². The first kappa shape index (κ1) is 15.3. The van der Waals surface area contributed by atoms with Crippen LogP contribution in [0.2, 0.25) is 0 Å². The van der Waals surface area contributed by atoms with Gasteiger partial charge in [0.25, 0.3) is 0 Å². The highest BCUT2D eigenvalue weighted by Crippen LogP contribution is 2.33. The summed E-state index contributed by atoms with van der Waals surface area (Å²) >= 11 is 4.63. The molecule has 1 atom stereocenters. The lowest BCUT2D eigenvalue weighted by Gasteiger charge is -2.38. The van der Waals surface area contributed by atoms with E-state index >= 15 is 0 Å². The van der Waals surface area contributed by atoms with Crippen LogP contribution in [-0.2, 0) is 4.74 Å². The molecule has 0 aromatic heterocycles. The average Bonchev–Trinajstić information content (AvgIpc) is 2.83. The van der Waals surface area contributed by atoms with Gasteiger partial charge < -0.3 is 9.64 Å². The van der Waals surface area contributed by atoms with Gasteiger partial charge in [-0.2, -0.15) is 12.6 Å². The van der Waals surface area contributed by atoms with E-state index in [1.54, 1.807) is 0 Å². The zero-order chi connectivity index (χ0) is 12.7. The molecule has 3 heteroatoms. The molecule has 1 heterocycles. The van der Waals surface area contributed by atoms with E-state index in [1.807, 2.05) is 0 Å². The average molecular weight is 259 g/mol. The van der Waals surface area contributed by atoms with E-state index in [0.717, 1.165) is 19.0 Å². The summed E-state index contributed by atoms with van der Waals surface area (Å²) in [5, 5.41) is 0. The van der Waals surface area contributed by atoms with Crippen molar-refractivity contribution in [3.8, 4) is 0 Å². The second kappa shape index (κ2) is 7.65. The maximum Gasteiger partial charge on any atom is 0.0622 e. The number of rotatable bonds is 8. The molecular weight excluding hydrogens is 230 g/mol. The maximum absolute atomic E-state index is 5.49. The molecule has 2 nitrogen and oxygen atoms in total. The first-order valence-corrected chi connectivity index (χ1v) is 7.69. The van der Waals surface area contributed by atoms with E-state index in [9.17, 15) is 0 Å². The molecule has 1 saturated heterocycles. The number of thiol groups is 1. The van der Waals surface area contributed by atoms with E-state index in [2.05, 4.69) is 38.4 Å². The van der Waals surface area contributed by atoms with E-state index < -0.39 is 0 Å². The van der Waals surface area contributed by atoms with Gasteiger partial charge in [0.2, 0.25) is 0 Å². The van der Waals surface area contributed by atoms with Gasteiger partial charge in [0.15, 0.2) is 0 Å². The predicted octanol–water partition coefficient (Wildman–Crippen LogP) is 3.22. The minimum Gasteiger partial charge on any atom is -0.380 e. The predicted molar refractivity (Wildman–Crippen MR) is 78.0 cm³/mol. The van der Waals surface area contributed by atoms with Crippen LogP contribution in [0.3, 0.4) is 0 Å². The van der Waals surface area contributed by atoms with Crippen molar-refractivity contribution in [3.05, 3.63) is 0 Å². The molecule has 1 aliphatic heterocycles. The summed E-state index contributed by atoms with van der Waals surface area (Å²) in [4.78, 5) is 2.51. The summed E-state index contributed by atoms with van der Waals surface area (Å²) in [7, 11) is 2.25. The number of hydrogen-bond acceptors (Lipinski definition) is 3. The van der Waals surface area contributed by atoms with E-state index in [1.165, 1.54) is 38.6 Å². The molecule has 0 spiro atoms. The lowest BCUT2D eigenvalue weighted by Crippen LogP contribution is -2.42. The Bertz CT molecular complexity index is 198. The van der Waals surface area contributed by atoms with Crippen molar-refractivity contribution >= 4 is 12.6 Å². The quantitative estimate of drug-likeness (QED) is 0.672. The third-order valence-corrected chi connectivity index (χ3v) is 4.68. The highest BCUT2D eigenvalue weighted by Gasteiger charge is 2.31. The largest absolute Gasteiger partial charge is 0.380 e. The highest BCUT2D eigenvalue weighted by molar-refractivity contribution is 7.80. The van der Waals surface area contributed by atoms with Crippen LogP contribution in [0.1, 0.15) is 46.0 Å². The van der Waals surface area contributed by atoms with Crippen LogP contribution in [0.25, 0.3) is 0 Å². The zero-order valence-electron chi connectivity index (χ0n) is 11.7. The molecule has 1 unspecified atom stereocenters. The van der Waals surface area contributed by atoms with Crippen LogP contribution >= 0.6 is 12.6 Å². The molecule has 0 saturated carbocycles. The van der Waals surface area contributed by atoms with Gasteiger partial charge in [-0.05, 0) is 37.5 Å². The fourth-order valence-electron chi connectivity index (χ4n) is 3.08. The molecule has 0 bridgehead atoms. The van der Waals surface area contributed by atoms with Crippen LogP contribution in [0.4, 0.5) is 0 Å². The minimum absolute atomic E-state index is 0.407. The number of hydrogen-bond donors (Lipinski definition) is 1. The smallest absolute Gasteiger partial charge is 0.0622 e. The van der Waals surface area contributed by atoms with Gasteiger partial charge in [0, 0.05) is 19.2 Å². The van der Waals surface area contributed by atoms with Crippen LogP contribution < -0.4 is 0 Å². The van der Waals surface area contributed by atoms with Crippen molar-refractivity contribution in [2.24, 2.45) is 5.41 Å². The minimum atomic E-state index is 0.407. The Balaban J connectivity index is 2.56. The molecule has 0 N–H and O–H groups in total. The molecule has 1 rings (SSSR count). The highest BCUT2D eigenvalue weighted by atomic mass is 32.1. The normalized spacial score (nSPS) is 21.4. The van der Waals surface area contributed by atoms with Crippen molar-refractivity contribution < 1.29 is 4.74 Å². The summed E-state index contributed by atoms with van der Waals surface area (Å²) < 4.78 is 5.49. The zero-order valence-corrected chi connectivity index (χ0v) is 12.6. The molecule has 1 aliphatic rings. The number of ether oxygens (including phenoxy) is 1. The monoisotopic (exact) mass is 259 g/mol.